The summed E-state index contributed by atoms with van der Waals surface area (Å²) in [5.41, 5.74) is 7.30. The fourth-order valence-electron chi connectivity index (χ4n) is 3.15. The number of carbonyl (C=O) groups is 3. The molecule has 28 heavy (non-hydrogen) atoms. The van der Waals surface area contributed by atoms with Gasteiger partial charge in [-0.05, 0) is 28.2 Å². The van der Waals surface area contributed by atoms with Crippen LogP contribution in [0.4, 0.5) is 0 Å². The number of nitrogens with one attached hydrogen (secondary N) is 2. The Balaban J connectivity index is 2.25. The highest BCUT2D eigenvalue weighted by Gasteiger charge is 2.33. The molecule has 0 bridgehead atoms. The van der Waals surface area contributed by atoms with Crippen LogP contribution in [0.25, 0.3) is 10.8 Å². The zero-order chi connectivity index (χ0) is 20.9. The Morgan fingerprint density at radius 1 is 1.07 bits per heavy atom. The van der Waals surface area contributed by atoms with E-state index in [-0.39, 0.29) is 12.8 Å². The molecule has 0 fully saturated rings. The summed E-state index contributed by atoms with van der Waals surface area (Å²) in [4.78, 5) is 36.3. The smallest absolute Gasteiger partial charge is 0.244 e. The van der Waals surface area contributed by atoms with Crippen LogP contribution in [0.1, 0.15) is 32.8 Å². The zero-order valence-electron chi connectivity index (χ0n) is 16.4. The third-order valence-electron chi connectivity index (χ3n) is 4.66. The van der Waals surface area contributed by atoms with Crippen LogP contribution < -0.4 is 16.5 Å². The predicted octanol–water partition coefficient (Wildman–Crippen LogP) is 1.91. The van der Waals surface area contributed by atoms with Crippen molar-refractivity contribution >= 4 is 28.5 Å². The average molecular weight is 385 g/mol. The second-order valence-corrected chi connectivity index (χ2v) is 8.03. The van der Waals surface area contributed by atoms with Gasteiger partial charge in [-0.2, -0.15) is 0 Å². The van der Waals surface area contributed by atoms with Crippen LogP contribution in [0.15, 0.2) is 42.5 Å². The van der Waals surface area contributed by atoms with Crippen LogP contribution in [0, 0.1) is 11.3 Å². The number of hydroxylamine groups is 1. The summed E-state index contributed by atoms with van der Waals surface area (Å²) >= 11 is 0. The third kappa shape index (κ3) is 5.53. The Labute approximate surface area is 164 Å². The molecule has 2 aromatic carbocycles. The number of fused-ring (bicyclic) bond motifs is 1. The maximum absolute atomic E-state index is 12.8. The number of benzene rings is 2. The number of hydrogen-bond donors (Lipinski definition) is 4. The van der Waals surface area contributed by atoms with Gasteiger partial charge in [0.05, 0.1) is 5.92 Å². The van der Waals surface area contributed by atoms with Crippen LogP contribution in [0.2, 0.25) is 0 Å². The van der Waals surface area contributed by atoms with Crippen LogP contribution >= 0.6 is 0 Å². The molecule has 0 saturated heterocycles. The van der Waals surface area contributed by atoms with E-state index in [0.717, 1.165) is 16.3 Å². The molecule has 0 saturated carbocycles. The van der Waals surface area contributed by atoms with Crippen molar-refractivity contribution in [3.8, 4) is 0 Å². The van der Waals surface area contributed by atoms with Crippen molar-refractivity contribution in [1.29, 1.82) is 0 Å². The van der Waals surface area contributed by atoms with Gasteiger partial charge in [-0.3, -0.25) is 19.6 Å². The SMILES string of the molecule is CC(C)(C)[C@H](NC(=O)C(CC(=O)NO)Cc1ccc2ccccc2c1)C(N)=O. The van der Waals surface area contributed by atoms with E-state index in [1.165, 1.54) is 0 Å². The molecule has 0 spiro atoms. The summed E-state index contributed by atoms with van der Waals surface area (Å²) in [5, 5.41) is 13.6. The van der Waals surface area contributed by atoms with E-state index in [1.807, 2.05) is 42.5 Å². The molecule has 1 unspecified atom stereocenters. The first-order chi connectivity index (χ1) is 13.1. The van der Waals surface area contributed by atoms with Gasteiger partial charge in [-0.1, -0.05) is 63.2 Å². The summed E-state index contributed by atoms with van der Waals surface area (Å²) in [5.74, 6) is -2.54. The lowest BCUT2D eigenvalue weighted by atomic mass is 9.85. The Morgan fingerprint density at radius 2 is 1.71 bits per heavy atom. The fourth-order valence-corrected chi connectivity index (χ4v) is 3.15. The first kappa shape index (κ1) is 21.4. The van der Waals surface area contributed by atoms with Gasteiger partial charge >= 0.3 is 0 Å². The molecule has 0 heterocycles. The van der Waals surface area contributed by atoms with Crippen molar-refractivity contribution in [3.63, 3.8) is 0 Å². The molecule has 0 radical (unpaired) electrons. The number of carbonyl (C=O) groups excluding carboxylic acids is 3. The number of rotatable bonds is 7. The minimum absolute atomic E-state index is 0.217. The minimum Gasteiger partial charge on any atom is -0.368 e. The molecule has 0 aliphatic heterocycles. The topological polar surface area (TPSA) is 122 Å². The second-order valence-electron chi connectivity index (χ2n) is 8.03. The van der Waals surface area contributed by atoms with Gasteiger partial charge in [0, 0.05) is 6.42 Å². The van der Waals surface area contributed by atoms with Crippen LogP contribution in [0.3, 0.4) is 0 Å². The van der Waals surface area contributed by atoms with Crippen molar-refractivity contribution in [1.82, 2.24) is 10.8 Å². The average Bonchev–Trinajstić information content (AvgIpc) is 2.63. The molecular formula is C21H27N3O4. The maximum atomic E-state index is 12.8. The summed E-state index contributed by atoms with van der Waals surface area (Å²) < 4.78 is 0. The van der Waals surface area contributed by atoms with E-state index >= 15 is 0 Å². The monoisotopic (exact) mass is 385 g/mol. The van der Waals surface area contributed by atoms with E-state index in [1.54, 1.807) is 26.3 Å². The van der Waals surface area contributed by atoms with Crippen molar-refractivity contribution in [2.75, 3.05) is 0 Å². The Kier molecular flexibility index (Phi) is 6.75. The molecule has 2 atom stereocenters. The third-order valence-corrected chi connectivity index (χ3v) is 4.66. The standard InChI is InChI=1S/C21H27N3O4/c1-21(2,3)18(19(22)26)23-20(27)16(12-17(25)24-28)11-13-8-9-14-6-4-5-7-15(14)10-13/h4-10,16,18,28H,11-12H2,1-3H3,(H2,22,26)(H,23,27)(H,24,25)/t16?,18-/m1/s1. The molecule has 0 aliphatic carbocycles. The number of amides is 3. The lowest BCUT2D eigenvalue weighted by Gasteiger charge is -2.30. The first-order valence-corrected chi connectivity index (χ1v) is 9.12. The Morgan fingerprint density at radius 3 is 2.29 bits per heavy atom. The normalized spacial score (nSPS) is 13.6. The van der Waals surface area contributed by atoms with E-state index < -0.39 is 35.1 Å². The fraction of sp³-hybridized carbons (Fsp3) is 0.381. The minimum atomic E-state index is -0.878. The highest BCUT2D eigenvalue weighted by Crippen LogP contribution is 2.22. The van der Waals surface area contributed by atoms with Gasteiger partial charge in [0.2, 0.25) is 17.7 Å². The molecule has 5 N–H and O–H groups in total. The van der Waals surface area contributed by atoms with E-state index in [2.05, 4.69) is 5.32 Å². The van der Waals surface area contributed by atoms with Crippen LogP contribution in [-0.4, -0.2) is 29.0 Å². The van der Waals surface area contributed by atoms with Gasteiger partial charge in [0.25, 0.3) is 0 Å². The van der Waals surface area contributed by atoms with Gasteiger partial charge in [0.1, 0.15) is 6.04 Å². The number of nitrogens with two attached hydrogens (primary N) is 1. The molecule has 150 valence electrons. The lowest BCUT2D eigenvalue weighted by molar-refractivity contribution is -0.136. The van der Waals surface area contributed by atoms with Gasteiger partial charge in [0.15, 0.2) is 0 Å². The van der Waals surface area contributed by atoms with E-state index in [4.69, 9.17) is 10.9 Å². The highest BCUT2D eigenvalue weighted by molar-refractivity contribution is 5.90. The summed E-state index contributed by atoms with van der Waals surface area (Å²) in [6.45, 7) is 5.38. The molecule has 2 rings (SSSR count). The Bertz CT molecular complexity index is 873. The largest absolute Gasteiger partial charge is 0.368 e. The summed E-state index contributed by atoms with van der Waals surface area (Å²) in [6.07, 6.45) is 0.0600. The molecule has 0 aromatic heterocycles. The maximum Gasteiger partial charge on any atom is 0.244 e. The molecule has 3 amide bonds. The summed E-state index contributed by atoms with van der Waals surface area (Å²) in [7, 11) is 0. The van der Waals surface area contributed by atoms with Crippen molar-refractivity contribution < 1.29 is 19.6 Å². The highest BCUT2D eigenvalue weighted by atomic mass is 16.5. The van der Waals surface area contributed by atoms with Gasteiger partial charge < -0.3 is 11.1 Å². The molecular weight excluding hydrogens is 358 g/mol. The van der Waals surface area contributed by atoms with Gasteiger partial charge in [-0.25, -0.2) is 5.48 Å². The van der Waals surface area contributed by atoms with E-state index in [9.17, 15) is 14.4 Å². The molecule has 7 nitrogen and oxygen atoms in total. The van der Waals surface area contributed by atoms with Crippen molar-refractivity contribution in [2.24, 2.45) is 17.1 Å². The number of primary amides is 1. The predicted molar refractivity (Wildman–Crippen MR) is 106 cm³/mol. The van der Waals surface area contributed by atoms with Gasteiger partial charge in [-0.15, -0.1) is 0 Å². The van der Waals surface area contributed by atoms with E-state index in [0.29, 0.717) is 0 Å². The molecule has 0 aliphatic rings. The van der Waals surface area contributed by atoms with Crippen molar-refractivity contribution in [3.05, 3.63) is 48.0 Å². The molecule has 7 heteroatoms. The summed E-state index contributed by atoms with van der Waals surface area (Å²) in [6, 6.07) is 12.8. The zero-order valence-corrected chi connectivity index (χ0v) is 16.4. The first-order valence-electron chi connectivity index (χ1n) is 9.12. The van der Waals surface area contributed by atoms with Crippen molar-refractivity contribution in [2.45, 2.75) is 39.7 Å². The molecule has 2 aromatic rings. The van der Waals surface area contributed by atoms with Crippen LogP contribution in [0.5, 0.6) is 0 Å². The Hall–Kier alpha value is -2.93. The quantitative estimate of drug-likeness (QED) is 0.430. The van der Waals surface area contributed by atoms with Crippen LogP contribution in [-0.2, 0) is 20.8 Å². The number of hydrogen-bond acceptors (Lipinski definition) is 4. The second kappa shape index (κ2) is 8.84. The lowest BCUT2D eigenvalue weighted by Crippen LogP contribution is -2.53.